The van der Waals surface area contributed by atoms with Crippen LogP contribution in [0.1, 0.15) is 50.5 Å². The van der Waals surface area contributed by atoms with Gasteiger partial charge in [-0.1, -0.05) is 11.6 Å². The molecule has 2 saturated carbocycles. The van der Waals surface area contributed by atoms with Gasteiger partial charge in [-0.2, -0.15) is 0 Å². The van der Waals surface area contributed by atoms with Crippen molar-refractivity contribution in [1.82, 2.24) is 4.90 Å². The maximum atomic E-state index is 12.5. The van der Waals surface area contributed by atoms with Crippen LogP contribution in [0.25, 0.3) is 0 Å². The summed E-state index contributed by atoms with van der Waals surface area (Å²) in [5.41, 5.74) is 0.899. The van der Waals surface area contributed by atoms with E-state index >= 15 is 0 Å². The van der Waals surface area contributed by atoms with Crippen LogP contribution in [-0.2, 0) is 4.79 Å². The molecule has 1 atom stereocenters. The summed E-state index contributed by atoms with van der Waals surface area (Å²) in [6, 6.07) is 5.98. The van der Waals surface area contributed by atoms with E-state index in [1.54, 1.807) is 7.11 Å². The second-order valence-electron chi connectivity index (χ2n) is 8.66. The Balaban J connectivity index is 1.36. The standard InChI is InChI=1S/C20H26ClNO3/c1-19(24)8-15(9-19)18(23)22-11-20(12-22)4-3-13(10-20)14-5-16(21)7-17(6-14)25-2/h5-7,13,15,24H,3-4,8-12H2,1-2H3/t13-,15?,19?/m1/s1. The van der Waals surface area contributed by atoms with Crippen LogP contribution in [-0.4, -0.2) is 41.7 Å². The summed E-state index contributed by atoms with van der Waals surface area (Å²) in [7, 11) is 1.67. The summed E-state index contributed by atoms with van der Waals surface area (Å²) >= 11 is 6.22. The van der Waals surface area contributed by atoms with E-state index < -0.39 is 5.60 Å². The van der Waals surface area contributed by atoms with Crippen LogP contribution in [0.2, 0.25) is 5.02 Å². The van der Waals surface area contributed by atoms with Gasteiger partial charge in [0.05, 0.1) is 12.7 Å². The Bertz CT molecular complexity index is 688. The number of nitrogens with zero attached hydrogens (tertiary/aromatic N) is 1. The molecule has 4 nitrogen and oxygen atoms in total. The van der Waals surface area contributed by atoms with E-state index in [9.17, 15) is 9.90 Å². The minimum atomic E-state index is -0.632. The highest BCUT2D eigenvalue weighted by Gasteiger charge is 2.53. The second-order valence-corrected chi connectivity index (χ2v) is 9.10. The predicted molar refractivity (Wildman–Crippen MR) is 97.0 cm³/mol. The van der Waals surface area contributed by atoms with Crippen molar-refractivity contribution >= 4 is 17.5 Å². The molecular weight excluding hydrogens is 338 g/mol. The van der Waals surface area contributed by atoms with Crippen LogP contribution in [0.5, 0.6) is 5.75 Å². The van der Waals surface area contributed by atoms with E-state index in [0.717, 1.165) is 36.7 Å². The molecule has 2 aliphatic carbocycles. The monoisotopic (exact) mass is 363 g/mol. The van der Waals surface area contributed by atoms with Gasteiger partial charge in [0.25, 0.3) is 0 Å². The Morgan fingerprint density at radius 2 is 2.00 bits per heavy atom. The number of rotatable bonds is 3. The number of ether oxygens (including phenoxy) is 1. The molecule has 1 aromatic rings. The van der Waals surface area contributed by atoms with Crippen LogP contribution in [0, 0.1) is 11.3 Å². The summed E-state index contributed by atoms with van der Waals surface area (Å²) in [5.74, 6) is 1.58. The zero-order valence-electron chi connectivity index (χ0n) is 14.9. The molecule has 3 fully saturated rings. The van der Waals surface area contributed by atoms with E-state index in [1.807, 2.05) is 24.0 Å². The van der Waals surface area contributed by atoms with Gasteiger partial charge in [0, 0.05) is 29.4 Å². The summed E-state index contributed by atoms with van der Waals surface area (Å²) in [4.78, 5) is 14.5. The molecule has 1 aromatic carbocycles. The first-order valence-corrected chi connectivity index (χ1v) is 9.53. The topological polar surface area (TPSA) is 49.8 Å². The van der Waals surface area contributed by atoms with Gasteiger partial charge in [0.15, 0.2) is 0 Å². The van der Waals surface area contributed by atoms with E-state index in [-0.39, 0.29) is 17.2 Å². The van der Waals surface area contributed by atoms with Crippen LogP contribution in [0.3, 0.4) is 0 Å². The van der Waals surface area contributed by atoms with Crippen molar-refractivity contribution in [2.75, 3.05) is 20.2 Å². The predicted octanol–water partition coefficient (Wildman–Crippen LogP) is 3.61. The SMILES string of the molecule is COc1cc(Cl)cc([C@@H]2CCC3(C2)CN(C(=O)C2CC(C)(O)C2)C3)c1. The number of carbonyl (C=O) groups excluding carboxylic acids is 1. The van der Waals surface area contributed by atoms with Gasteiger partial charge in [-0.05, 0) is 68.7 Å². The van der Waals surface area contributed by atoms with Crippen molar-refractivity contribution in [3.05, 3.63) is 28.8 Å². The molecule has 1 heterocycles. The lowest BCUT2D eigenvalue weighted by atomic mass is 9.69. The maximum Gasteiger partial charge on any atom is 0.225 e. The first-order valence-electron chi connectivity index (χ1n) is 9.15. The van der Waals surface area contributed by atoms with Gasteiger partial charge in [0.2, 0.25) is 5.91 Å². The average molecular weight is 364 g/mol. The molecular formula is C20H26ClNO3. The van der Waals surface area contributed by atoms with Crippen LogP contribution >= 0.6 is 11.6 Å². The fraction of sp³-hybridized carbons (Fsp3) is 0.650. The lowest BCUT2D eigenvalue weighted by molar-refractivity contribution is -0.161. The number of likely N-dealkylation sites (tertiary alicyclic amines) is 1. The third-order valence-electron chi connectivity index (χ3n) is 6.39. The van der Waals surface area contributed by atoms with Crippen molar-refractivity contribution < 1.29 is 14.6 Å². The quantitative estimate of drug-likeness (QED) is 0.892. The number of methoxy groups -OCH3 is 1. The van der Waals surface area contributed by atoms with E-state index in [1.165, 1.54) is 12.0 Å². The molecule has 0 radical (unpaired) electrons. The van der Waals surface area contributed by atoms with Gasteiger partial charge < -0.3 is 14.7 Å². The number of carbonyl (C=O) groups is 1. The molecule has 0 bridgehead atoms. The van der Waals surface area contributed by atoms with Gasteiger partial charge in [0.1, 0.15) is 5.75 Å². The maximum absolute atomic E-state index is 12.5. The van der Waals surface area contributed by atoms with Crippen molar-refractivity contribution in [1.29, 1.82) is 0 Å². The first-order chi connectivity index (χ1) is 11.8. The summed E-state index contributed by atoms with van der Waals surface area (Å²) in [5, 5.41) is 10.6. The van der Waals surface area contributed by atoms with Crippen LogP contribution in [0.15, 0.2) is 18.2 Å². The molecule has 1 amide bonds. The van der Waals surface area contributed by atoms with Crippen LogP contribution < -0.4 is 4.74 Å². The Hall–Kier alpha value is -1.26. The van der Waals surface area contributed by atoms with Crippen molar-refractivity contribution in [2.24, 2.45) is 11.3 Å². The lowest BCUT2D eigenvalue weighted by Gasteiger charge is -2.52. The highest BCUT2D eigenvalue weighted by atomic mass is 35.5. The molecule has 0 aromatic heterocycles. The fourth-order valence-corrected chi connectivity index (χ4v) is 5.30. The molecule has 3 aliphatic rings. The smallest absolute Gasteiger partial charge is 0.225 e. The highest BCUT2D eigenvalue weighted by Crippen LogP contribution is 2.53. The van der Waals surface area contributed by atoms with E-state index in [0.29, 0.717) is 18.8 Å². The Kier molecular flexibility index (Phi) is 4.04. The third-order valence-corrected chi connectivity index (χ3v) is 6.61. The van der Waals surface area contributed by atoms with Gasteiger partial charge in [-0.15, -0.1) is 0 Å². The van der Waals surface area contributed by atoms with Gasteiger partial charge in [-0.3, -0.25) is 4.79 Å². The lowest BCUT2D eigenvalue weighted by Crippen LogP contribution is -2.61. The number of halogens is 1. The fourth-order valence-electron chi connectivity index (χ4n) is 5.07. The minimum absolute atomic E-state index is 0.0294. The molecule has 1 aliphatic heterocycles. The summed E-state index contributed by atoms with van der Waals surface area (Å²) in [6.45, 7) is 3.56. The zero-order valence-corrected chi connectivity index (χ0v) is 15.7. The number of benzene rings is 1. The number of hydrogen-bond acceptors (Lipinski definition) is 3. The van der Waals surface area contributed by atoms with E-state index in [2.05, 4.69) is 6.07 Å². The molecule has 25 heavy (non-hydrogen) atoms. The second kappa shape index (κ2) is 5.88. The molecule has 1 spiro atoms. The molecule has 0 unspecified atom stereocenters. The van der Waals surface area contributed by atoms with E-state index in [4.69, 9.17) is 16.3 Å². The number of aliphatic hydroxyl groups is 1. The van der Waals surface area contributed by atoms with Crippen LogP contribution in [0.4, 0.5) is 0 Å². The zero-order chi connectivity index (χ0) is 17.8. The summed E-state index contributed by atoms with van der Waals surface area (Å²) in [6.07, 6.45) is 4.64. The molecule has 1 saturated heterocycles. The highest BCUT2D eigenvalue weighted by molar-refractivity contribution is 6.30. The number of hydrogen-bond donors (Lipinski definition) is 1. The average Bonchev–Trinajstić information content (AvgIpc) is 2.95. The van der Waals surface area contributed by atoms with Gasteiger partial charge in [-0.25, -0.2) is 0 Å². The minimum Gasteiger partial charge on any atom is -0.497 e. The normalized spacial score (nSPS) is 33.0. The van der Waals surface area contributed by atoms with Crippen molar-refractivity contribution in [3.8, 4) is 5.75 Å². The van der Waals surface area contributed by atoms with Gasteiger partial charge >= 0.3 is 0 Å². The Morgan fingerprint density at radius 1 is 1.28 bits per heavy atom. The first kappa shape index (κ1) is 17.2. The Labute approximate surface area is 154 Å². The number of amides is 1. The molecule has 4 rings (SSSR count). The molecule has 136 valence electrons. The van der Waals surface area contributed by atoms with Crippen molar-refractivity contribution in [2.45, 2.75) is 50.5 Å². The molecule has 1 N–H and O–H groups in total. The Morgan fingerprint density at radius 3 is 2.64 bits per heavy atom. The largest absolute Gasteiger partial charge is 0.497 e. The summed E-state index contributed by atoms with van der Waals surface area (Å²) < 4.78 is 5.34. The third kappa shape index (κ3) is 3.15. The molecule has 5 heteroatoms. The van der Waals surface area contributed by atoms with Crippen molar-refractivity contribution in [3.63, 3.8) is 0 Å².